The summed E-state index contributed by atoms with van der Waals surface area (Å²) in [6.07, 6.45) is 1.23. The average Bonchev–Trinajstić information content (AvgIpc) is 3.31. The quantitative estimate of drug-likeness (QED) is 0.290. The van der Waals surface area contributed by atoms with Crippen molar-refractivity contribution in [1.29, 1.82) is 0 Å². The summed E-state index contributed by atoms with van der Waals surface area (Å²) in [7, 11) is 1.47. The Kier molecular flexibility index (Phi) is 6.34. The maximum atomic E-state index is 15.2. The lowest BCUT2D eigenvalue weighted by atomic mass is 10.1. The number of alkyl halides is 2. The van der Waals surface area contributed by atoms with Gasteiger partial charge < -0.3 is 20.5 Å². The number of benzene rings is 1. The van der Waals surface area contributed by atoms with Gasteiger partial charge in [0.1, 0.15) is 22.7 Å². The first-order chi connectivity index (χ1) is 18.2. The molecule has 2 aromatic heterocycles. The van der Waals surface area contributed by atoms with Crippen LogP contribution in [0.3, 0.4) is 0 Å². The van der Waals surface area contributed by atoms with Gasteiger partial charge in [0.15, 0.2) is 11.5 Å². The van der Waals surface area contributed by atoms with Crippen LogP contribution in [0.4, 0.5) is 23.4 Å². The van der Waals surface area contributed by atoms with E-state index < -0.39 is 47.5 Å². The Labute approximate surface area is 214 Å². The first-order valence-corrected chi connectivity index (χ1v) is 11.8. The van der Waals surface area contributed by atoms with Crippen LogP contribution < -0.4 is 11.1 Å². The van der Waals surface area contributed by atoms with Crippen LogP contribution in [0.1, 0.15) is 53.0 Å². The minimum absolute atomic E-state index is 0.0323. The molecule has 2 atom stereocenters. The molecule has 3 heterocycles. The van der Waals surface area contributed by atoms with Gasteiger partial charge in [-0.2, -0.15) is 5.10 Å². The van der Waals surface area contributed by atoms with E-state index in [2.05, 4.69) is 33.8 Å². The number of rotatable bonds is 6. The second kappa shape index (κ2) is 9.51. The van der Waals surface area contributed by atoms with Crippen LogP contribution in [-0.4, -0.2) is 62.1 Å². The second-order valence-corrected chi connectivity index (χ2v) is 9.17. The number of hydrogen-bond donors (Lipinski definition) is 2. The molecule has 0 bridgehead atoms. The Bertz CT molecular complexity index is 1530. The first-order valence-electron chi connectivity index (χ1n) is 11.8. The van der Waals surface area contributed by atoms with E-state index >= 15 is 4.39 Å². The Hall–Kier alpha value is -4.34. The molecule has 3 aromatic rings. The van der Waals surface area contributed by atoms with Gasteiger partial charge in [-0.15, -0.1) is 0 Å². The lowest BCUT2D eigenvalue weighted by Gasteiger charge is -2.21. The van der Waals surface area contributed by atoms with Crippen molar-refractivity contribution in [2.24, 2.45) is 5.73 Å². The molecule has 198 valence electrons. The molecule has 1 aliphatic heterocycles. The summed E-state index contributed by atoms with van der Waals surface area (Å²) in [4.78, 5) is 29.5. The summed E-state index contributed by atoms with van der Waals surface area (Å²) in [5.74, 6) is 1.52. The monoisotopic (exact) mass is 529 g/mol. The zero-order valence-electron chi connectivity index (χ0n) is 20.2. The SMILES string of the molecule is C=CC(=O)N1C[C@@H](n2nc(C#Cc3c(F)cc4c(ncn4C4CC4)c3F)c(C(N)=O)c2NC)C[C@@H]1C(F)F. The van der Waals surface area contributed by atoms with Crippen molar-refractivity contribution < 1.29 is 27.2 Å². The molecule has 3 N–H and O–H groups in total. The molecular formula is C25H23F4N7O2. The van der Waals surface area contributed by atoms with E-state index in [0.717, 1.165) is 29.9 Å². The van der Waals surface area contributed by atoms with Gasteiger partial charge in [0.25, 0.3) is 12.3 Å². The van der Waals surface area contributed by atoms with Crippen LogP contribution in [0, 0.1) is 23.5 Å². The van der Waals surface area contributed by atoms with Gasteiger partial charge in [0.2, 0.25) is 5.91 Å². The van der Waals surface area contributed by atoms with Gasteiger partial charge >= 0.3 is 0 Å². The van der Waals surface area contributed by atoms with Crippen LogP contribution in [0.2, 0.25) is 0 Å². The van der Waals surface area contributed by atoms with Gasteiger partial charge in [0.05, 0.1) is 29.5 Å². The lowest BCUT2D eigenvalue weighted by molar-refractivity contribution is -0.129. The molecule has 1 saturated heterocycles. The number of nitrogens with one attached hydrogen (secondary N) is 1. The van der Waals surface area contributed by atoms with Gasteiger partial charge in [-0.05, 0) is 31.3 Å². The summed E-state index contributed by atoms with van der Waals surface area (Å²) in [6.45, 7) is 3.22. The van der Waals surface area contributed by atoms with Crippen molar-refractivity contribution in [3.8, 4) is 11.8 Å². The van der Waals surface area contributed by atoms with E-state index in [0.29, 0.717) is 5.52 Å². The van der Waals surface area contributed by atoms with Crippen LogP contribution in [0.15, 0.2) is 25.0 Å². The lowest BCUT2D eigenvalue weighted by Crippen LogP contribution is -2.38. The molecule has 2 aliphatic rings. The molecule has 1 aliphatic carbocycles. The van der Waals surface area contributed by atoms with Crippen molar-refractivity contribution in [2.75, 3.05) is 18.9 Å². The number of anilines is 1. The summed E-state index contributed by atoms with van der Waals surface area (Å²) < 4.78 is 60.4. The van der Waals surface area contributed by atoms with Crippen molar-refractivity contribution in [3.05, 3.63) is 53.5 Å². The van der Waals surface area contributed by atoms with E-state index in [1.165, 1.54) is 18.1 Å². The van der Waals surface area contributed by atoms with E-state index in [4.69, 9.17) is 5.73 Å². The highest BCUT2D eigenvalue weighted by Gasteiger charge is 2.42. The van der Waals surface area contributed by atoms with Gasteiger partial charge in [-0.1, -0.05) is 12.5 Å². The maximum Gasteiger partial charge on any atom is 0.258 e. The van der Waals surface area contributed by atoms with E-state index in [1.54, 1.807) is 4.57 Å². The zero-order chi connectivity index (χ0) is 27.3. The molecule has 0 radical (unpaired) electrons. The topological polar surface area (TPSA) is 111 Å². The fourth-order valence-corrected chi connectivity index (χ4v) is 4.87. The van der Waals surface area contributed by atoms with Crippen molar-refractivity contribution in [3.63, 3.8) is 0 Å². The molecule has 1 aromatic carbocycles. The van der Waals surface area contributed by atoms with Crippen molar-refractivity contribution in [2.45, 2.75) is 43.8 Å². The van der Waals surface area contributed by atoms with E-state index in [-0.39, 0.29) is 41.6 Å². The van der Waals surface area contributed by atoms with Crippen LogP contribution >= 0.6 is 0 Å². The molecule has 2 amide bonds. The minimum Gasteiger partial charge on any atom is -0.373 e. The van der Waals surface area contributed by atoms with Crippen LogP contribution in [-0.2, 0) is 4.79 Å². The number of fused-ring (bicyclic) bond motifs is 1. The highest BCUT2D eigenvalue weighted by molar-refractivity contribution is 6.00. The summed E-state index contributed by atoms with van der Waals surface area (Å²) in [6, 6.07) is -0.827. The summed E-state index contributed by atoms with van der Waals surface area (Å²) in [5, 5.41) is 7.05. The smallest absolute Gasteiger partial charge is 0.258 e. The van der Waals surface area contributed by atoms with Gasteiger partial charge in [-0.25, -0.2) is 27.2 Å². The van der Waals surface area contributed by atoms with Gasteiger partial charge in [-0.3, -0.25) is 9.59 Å². The number of likely N-dealkylation sites (tertiary alicyclic amines) is 1. The molecule has 0 spiro atoms. The predicted octanol–water partition coefficient (Wildman–Crippen LogP) is 2.98. The minimum atomic E-state index is -2.82. The van der Waals surface area contributed by atoms with Crippen LogP contribution in [0.25, 0.3) is 11.0 Å². The van der Waals surface area contributed by atoms with E-state index in [1.807, 2.05) is 0 Å². The zero-order valence-corrected chi connectivity index (χ0v) is 20.2. The first kappa shape index (κ1) is 25.3. The molecule has 5 rings (SSSR count). The summed E-state index contributed by atoms with van der Waals surface area (Å²) in [5.41, 5.74) is 4.90. The number of primary amides is 1. The average molecular weight is 529 g/mol. The highest BCUT2D eigenvalue weighted by Crippen LogP contribution is 2.38. The highest BCUT2D eigenvalue weighted by atomic mass is 19.3. The fourth-order valence-electron chi connectivity index (χ4n) is 4.87. The predicted molar refractivity (Wildman–Crippen MR) is 130 cm³/mol. The molecule has 0 unspecified atom stereocenters. The Morgan fingerprint density at radius 1 is 1.26 bits per heavy atom. The molecule has 9 nitrogen and oxygen atoms in total. The Morgan fingerprint density at radius 2 is 2.00 bits per heavy atom. The Balaban J connectivity index is 1.56. The number of halogens is 4. The molecular weight excluding hydrogens is 506 g/mol. The van der Waals surface area contributed by atoms with Crippen molar-refractivity contribution in [1.82, 2.24) is 24.2 Å². The van der Waals surface area contributed by atoms with E-state index in [9.17, 15) is 22.8 Å². The maximum absolute atomic E-state index is 15.2. The molecule has 1 saturated carbocycles. The standard InChI is InChI=1S/C25H23F4N7O2/c1-3-19(37)34-10-13(8-18(34)23(28)29)36-25(31-2)20(24(30)38)16(33-36)7-6-14-15(26)9-17-22(21(14)27)32-11-35(17)12-4-5-12/h3,9,11-13,18,23,31H,1,4-5,8,10H2,2H3,(H2,30,38)/t13-,18+/m0/s1. The fraction of sp³-hybridized carbons (Fsp3) is 0.360. The summed E-state index contributed by atoms with van der Waals surface area (Å²) >= 11 is 0. The third-order valence-corrected chi connectivity index (χ3v) is 6.82. The molecule has 38 heavy (non-hydrogen) atoms. The Morgan fingerprint density at radius 3 is 2.61 bits per heavy atom. The second-order valence-electron chi connectivity index (χ2n) is 9.17. The number of aromatic nitrogens is 4. The number of carbonyl (C=O) groups is 2. The number of imidazole rings is 1. The molecule has 2 fully saturated rings. The third-order valence-electron chi connectivity index (χ3n) is 6.82. The normalized spacial score (nSPS) is 19.1. The number of hydrogen-bond acceptors (Lipinski definition) is 5. The van der Waals surface area contributed by atoms with Crippen molar-refractivity contribution >= 4 is 28.7 Å². The van der Waals surface area contributed by atoms with Gasteiger partial charge in [0, 0.05) is 25.7 Å². The number of nitrogens with two attached hydrogens (primary N) is 1. The third kappa shape index (κ3) is 4.15. The number of carbonyl (C=O) groups excluding carboxylic acids is 2. The van der Waals surface area contributed by atoms with Crippen LogP contribution in [0.5, 0.6) is 0 Å². The largest absolute Gasteiger partial charge is 0.373 e. The molecule has 13 heteroatoms. The number of nitrogens with zero attached hydrogens (tertiary/aromatic N) is 5. The number of amides is 2.